The lowest BCUT2D eigenvalue weighted by Gasteiger charge is -2.22. The van der Waals surface area contributed by atoms with Crippen molar-refractivity contribution in [2.24, 2.45) is 0 Å². The fourth-order valence-corrected chi connectivity index (χ4v) is 2.65. The Bertz CT molecular complexity index is 351. The molecule has 2 rings (SSSR count). The van der Waals surface area contributed by atoms with Crippen molar-refractivity contribution in [1.29, 1.82) is 0 Å². The van der Waals surface area contributed by atoms with Crippen LogP contribution in [0.15, 0.2) is 18.2 Å². The van der Waals surface area contributed by atoms with E-state index in [1.807, 2.05) is 6.07 Å². The number of fused-ring (bicyclic) bond motifs is 1. The second kappa shape index (κ2) is 4.73. The van der Waals surface area contributed by atoms with Crippen LogP contribution in [-0.4, -0.2) is 30.4 Å². The molecule has 0 radical (unpaired) electrons. The predicted octanol–water partition coefficient (Wildman–Crippen LogP) is 2.98. The van der Waals surface area contributed by atoms with Crippen LogP contribution in [0.1, 0.15) is 11.1 Å². The van der Waals surface area contributed by atoms with Gasteiger partial charge in [0.05, 0.1) is 0 Å². The van der Waals surface area contributed by atoms with Crippen LogP contribution < -0.4 is 0 Å². The van der Waals surface area contributed by atoms with E-state index in [1.165, 1.54) is 11.1 Å². The molecule has 82 valence electrons. The van der Waals surface area contributed by atoms with Gasteiger partial charge >= 0.3 is 0 Å². The van der Waals surface area contributed by atoms with Crippen LogP contribution in [0.25, 0.3) is 0 Å². The number of likely N-dealkylation sites (N-methyl/N-ethyl adjacent to an activating group) is 1. The van der Waals surface area contributed by atoms with Crippen LogP contribution in [0.2, 0.25) is 5.02 Å². The molecule has 0 bridgehead atoms. The summed E-state index contributed by atoms with van der Waals surface area (Å²) in [5.41, 5.74) is 2.83. The Hall–Kier alpha value is -0.240. The molecule has 1 aromatic rings. The standard InChI is InChI=1S/C12H15Cl2N/c1-15(5-4-13)12-7-9-2-3-11(14)6-10(9)8-12/h2-3,6,12H,4-5,7-8H2,1H3. The number of hydrogen-bond donors (Lipinski definition) is 0. The molecule has 0 spiro atoms. The quantitative estimate of drug-likeness (QED) is 0.739. The van der Waals surface area contributed by atoms with Gasteiger partial charge in [0.1, 0.15) is 0 Å². The molecule has 0 heterocycles. The van der Waals surface area contributed by atoms with Gasteiger partial charge in [-0.2, -0.15) is 0 Å². The zero-order valence-electron chi connectivity index (χ0n) is 8.84. The summed E-state index contributed by atoms with van der Waals surface area (Å²) >= 11 is 11.7. The van der Waals surface area contributed by atoms with Crippen molar-refractivity contribution >= 4 is 23.2 Å². The van der Waals surface area contributed by atoms with Gasteiger partial charge in [-0.25, -0.2) is 0 Å². The summed E-state index contributed by atoms with van der Waals surface area (Å²) < 4.78 is 0. The van der Waals surface area contributed by atoms with Crippen molar-refractivity contribution < 1.29 is 0 Å². The van der Waals surface area contributed by atoms with Crippen molar-refractivity contribution in [3.63, 3.8) is 0 Å². The largest absolute Gasteiger partial charge is 0.302 e. The molecule has 0 saturated carbocycles. The molecule has 0 aromatic heterocycles. The first-order valence-corrected chi connectivity index (χ1v) is 6.15. The number of benzene rings is 1. The Morgan fingerprint density at radius 2 is 2.07 bits per heavy atom. The van der Waals surface area contributed by atoms with Gasteiger partial charge in [-0.3, -0.25) is 0 Å². The Labute approximate surface area is 101 Å². The highest BCUT2D eigenvalue weighted by atomic mass is 35.5. The molecule has 1 atom stereocenters. The van der Waals surface area contributed by atoms with E-state index in [0.29, 0.717) is 11.9 Å². The van der Waals surface area contributed by atoms with Crippen LogP contribution in [-0.2, 0) is 12.8 Å². The van der Waals surface area contributed by atoms with E-state index < -0.39 is 0 Å². The first-order valence-electron chi connectivity index (χ1n) is 5.24. The van der Waals surface area contributed by atoms with Crippen LogP contribution in [0.5, 0.6) is 0 Å². The summed E-state index contributed by atoms with van der Waals surface area (Å²) in [6.45, 7) is 0.952. The van der Waals surface area contributed by atoms with Crippen molar-refractivity contribution in [3.8, 4) is 0 Å². The summed E-state index contributed by atoms with van der Waals surface area (Å²) in [6, 6.07) is 6.80. The minimum absolute atomic E-state index is 0.595. The molecule has 1 aliphatic carbocycles. The lowest BCUT2D eigenvalue weighted by atomic mass is 10.1. The molecule has 1 nitrogen and oxygen atoms in total. The first kappa shape index (κ1) is 11.3. The lowest BCUT2D eigenvalue weighted by molar-refractivity contribution is 0.263. The Balaban J connectivity index is 2.08. The SMILES string of the molecule is CN(CCCl)C1Cc2ccc(Cl)cc2C1. The van der Waals surface area contributed by atoms with E-state index in [4.69, 9.17) is 23.2 Å². The maximum Gasteiger partial charge on any atom is 0.0408 e. The van der Waals surface area contributed by atoms with E-state index >= 15 is 0 Å². The van der Waals surface area contributed by atoms with Crippen LogP contribution >= 0.6 is 23.2 Å². The fourth-order valence-electron chi connectivity index (χ4n) is 2.19. The second-order valence-corrected chi connectivity index (χ2v) is 4.96. The van der Waals surface area contributed by atoms with Gasteiger partial charge in [0.15, 0.2) is 0 Å². The zero-order chi connectivity index (χ0) is 10.8. The third-order valence-corrected chi connectivity index (χ3v) is 3.54. The van der Waals surface area contributed by atoms with E-state index in [0.717, 1.165) is 24.4 Å². The minimum Gasteiger partial charge on any atom is -0.302 e. The van der Waals surface area contributed by atoms with Gasteiger partial charge < -0.3 is 4.90 Å². The van der Waals surface area contributed by atoms with Crippen LogP contribution in [0.4, 0.5) is 0 Å². The molecular formula is C12H15Cl2N. The molecule has 3 heteroatoms. The van der Waals surface area contributed by atoms with Crippen molar-refractivity contribution in [1.82, 2.24) is 4.90 Å². The fraction of sp³-hybridized carbons (Fsp3) is 0.500. The number of nitrogens with zero attached hydrogens (tertiary/aromatic N) is 1. The normalized spacial score (nSPS) is 19.6. The molecule has 0 saturated heterocycles. The van der Waals surface area contributed by atoms with Crippen molar-refractivity contribution in [2.75, 3.05) is 19.5 Å². The molecule has 0 aliphatic heterocycles. The van der Waals surface area contributed by atoms with Gasteiger partial charge in [0.2, 0.25) is 0 Å². The van der Waals surface area contributed by atoms with Gasteiger partial charge in [-0.05, 0) is 43.1 Å². The highest BCUT2D eigenvalue weighted by Gasteiger charge is 2.24. The molecule has 0 N–H and O–H groups in total. The zero-order valence-corrected chi connectivity index (χ0v) is 10.4. The summed E-state index contributed by atoms with van der Waals surface area (Å²) in [5, 5.41) is 0.842. The summed E-state index contributed by atoms with van der Waals surface area (Å²) in [6.07, 6.45) is 2.23. The van der Waals surface area contributed by atoms with E-state index in [2.05, 4.69) is 24.1 Å². The lowest BCUT2D eigenvalue weighted by Crippen LogP contribution is -2.33. The Morgan fingerprint density at radius 1 is 1.33 bits per heavy atom. The monoisotopic (exact) mass is 243 g/mol. The first-order chi connectivity index (χ1) is 7.20. The van der Waals surface area contributed by atoms with Gasteiger partial charge in [0, 0.05) is 23.5 Å². The molecule has 1 aromatic carbocycles. The van der Waals surface area contributed by atoms with Gasteiger partial charge in [0.25, 0.3) is 0 Å². The van der Waals surface area contributed by atoms with Crippen LogP contribution in [0.3, 0.4) is 0 Å². The van der Waals surface area contributed by atoms with E-state index in [1.54, 1.807) is 0 Å². The summed E-state index contributed by atoms with van der Waals surface area (Å²) in [7, 11) is 2.14. The summed E-state index contributed by atoms with van der Waals surface area (Å²) in [4.78, 5) is 2.33. The molecule has 15 heavy (non-hydrogen) atoms. The topological polar surface area (TPSA) is 3.24 Å². The number of rotatable bonds is 3. The molecule has 0 fully saturated rings. The Kier molecular flexibility index (Phi) is 3.55. The van der Waals surface area contributed by atoms with E-state index in [9.17, 15) is 0 Å². The molecular weight excluding hydrogens is 229 g/mol. The second-order valence-electron chi connectivity index (χ2n) is 4.14. The molecule has 1 unspecified atom stereocenters. The third-order valence-electron chi connectivity index (χ3n) is 3.14. The average molecular weight is 244 g/mol. The van der Waals surface area contributed by atoms with Crippen molar-refractivity contribution in [2.45, 2.75) is 18.9 Å². The summed E-state index contributed by atoms with van der Waals surface area (Å²) in [5.74, 6) is 0.699. The number of halogens is 2. The smallest absolute Gasteiger partial charge is 0.0408 e. The average Bonchev–Trinajstić information content (AvgIpc) is 2.60. The minimum atomic E-state index is 0.595. The van der Waals surface area contributed by atoms with Gasteiger partial charge in [-0.15, -0.1) is 11.6 Å². The Morgan fingerprint density at radius 3 is 2.80 bits per heavy atom. The molecule has 1 aliphatic rings. The highest BCUT2D eigenvalue weighted by Crippen LogP contribution is 2.27. The highest BCUT2D eigenvalue weighted by molar-refractivity contribution is 6.30. The molecule has 0 amide bonds. The maximum atomic E-state index is 5.98. The number of hydrogen-bond acceptors (Lipinski definition) is 1. The van der Waals surface area contributed by atoms with Gasteiger partial charge in [-0.1, -0.05) is 17.7 Å². The van der Waals surface area contributed by atoms with E-state index in [-0.39, 0.29) is 0 Å². The third kappa shape index (κ3) is 2.47. The maximum absolute atomic E-state index is 5.98. The predicted molar refractivity (Wildman–Crippen MR) is 66.0 cm³/mol. The number of alkyl halides is 1. The van der Waals surface area contributed by atoms with Crippen LogP contribution in [0, 0.1) is 0 Å². The van der Waals surface area contributed by atoms with Crippen molar-refractivity contribution in [3.05, 3.63) is 34.3 Å².